The van der Waals surface area contributed by atoms with Crippen LogP contribution in [0.1, 0.15) is 0 Å². The lowest BCUT2D eigenvalue weighted by atomic mass is 10.3. The predicted octanol–water partition coefficient (Wildman–Crippen LogP) is 3.86. The van der Waals surface area contributed by atoms with Gasteiger partial charge >= 0.3 is 0 Å². The van der Waals surface area contributed by atoms with Crippen LogP contribution in [-0.2, 0) is 14.8 Å². The third-order valence-electron chi connectivity index (χ3n) is 3.55. The van der Waals surface area contributed by atoms with Crippen molar-refractivity contribution < 1.29 is 22.0 Å². The largest absolute Gasteiger partial charge is 0.324 e. The molecular weight excluding hydrogens is 394 g/mol. The van der Waals surface area contributed by atoms with E-state index in [0.29, 0.717) is 0 Å². The van der Waals surface area contributed by atoms with Crippen molar-refractivity contribution in [2.75, 3.05) is 16.2 Å². The van der Waals surface area contributed by atoms with Crippen LogP contribution in [0.15, 0.2) is 70.3 Å². The number of benzene rings is 2. The molecule has 0 atom stereocenters. The van der Waals surface area contributed by atoms with E-state index in [1.807, 2.05) is 0 Å². The minimum Gasteiger partial charge on any atom is -0.324 e. The molecule has 0 saturated heterocycles. The summed E-state index contributed by atoms with van der Waals surface area (Å²) in [4.78, 5) is 12.4. The van der Waals surface area contributed by atoms with Gasteiger partial charge in [0.25, 0.3) is 10.0 Å². The van der Waals surface area contributed by atoms with Crippen molar-refractivity contribution in [3.63, 3.8) is 0 Å². The number of carbonyl (C=O) groups excluding carboxylic acids is 1. The highest BCUT2D eigenvalue weighted by atomic mass is 32.2. The van der Waals surface area contributed by atoms with E-state index in [9.17, 15) is 22.0 Å². The Kier molecular flexibility index (Phi) is 5.52. The van der Waals surface area contributed by atoms with Crippen LogP contribution in [0.4, 0.5) is 20.2 Å². The first-order chi connectivity index (χ1) is 12.9. The Morgan fingerprint density at radius 3 is 2.37 bits per heavy atom. The molecule has 5 nitrogen and oxygen atoms in total. The number of rotatable bonds is 6. The first kappa shape index (κ1) is 19.0. The normalized spacial score (nSPS) is 11.2. The SMILES string of the molecule is O=C(CN(c1ccc(F)cc1)S(=O)(=O)c1cccs1)Nc1cccc(F)c1. The number of thiophene rings is 1. The van der Waals surface area contributed by atoms with Gasteiger partial charge in [0.1, 0.15) is 22.4 Å². The Morgan fingerprint density at radius 1 is 1.00 bits per heavy atom. The lowest BCUT2D eigenvalue weighted by Crippen LogP contribution is -2.37. The van der Waals surface area contributed by atoms with E-state index in [1.165, 1.54) is 36.4 Å². The monoisotopic (exact) mass is 408 g/mol. The lowest BCUT2D eigenvalue weighted by Gasteiger charge is -2.23. The molecule has 0 radical (unpaired) electrons. The number of carbonyl (C=O) groups is 1. The van der Waals surface area contributed by atoms with Crippen molar-refractivity contribution in [2.24, 2.45) is 0 Å². The fourth-order valence-corrected chi connectivity index (χ4v) is 4.86. The summed E-state index contributed by atoms with van der Waals surface area (Å²) in [7, 11) is -4.02. The van der Waals surface area contributed by atoms with Gasteiger partial charge in [0.2, 0.25) is 5.91 Å². The van der Waals surface area contributed by atoms with Crippen molar-refractivity contribution >= 4 is 38.6 Å². The number of hydrogen-bond acceptors (Lipinski definition) is 4. The molecule has 3 aromatic rings. The summed E-state index contributed by atoms with van der Waals surface area (Å²) in [5.41, 5.74) is 0.340. The Balaban J connectivity index is 1.90. The smallest absolute Gasteiger partial charge is 0.274 e. The molecule has 0 aliphatic heterocycles. The highest BCUT2D eigenvalue weighted by molar-refractivity contribution is 7.94. The molecule has 1 N–H and O–H groups in total. The molecule has 3 rings (SSSR count). The highest BCUT2D eigenvalue weighted by Crippen LogP contribution is 2.26. The van der Waals surface area contributed by atoms with Crippen molar-refractivity contribution in [3.05, 3.63) is 77.7 Å². The van der Waals surface area contributed by atoms with E-state index < -0.39 is 34.1 Å². The zero-order valence-corrected chi connectivity index (χ0v) is 15.4. The van der Waals surface area contributed by atoms with Crippen LogP contribution < -0.4 is 9.62 Å². The Hall–Kier alpha value is -2.78. The molecular formula is C18H14F2N2O3S2. The quantitative estimate of drug-likeness (QED) is 0.674. The summed E-state index contributed by atoms with van der Waals surface area (Å²) in [6.07, 6.45) is 0. The zero-order chi connectivity index (χ0) is 19.4. The van der Waals surface area contributed by atoms with Crippen molar-refractivity contribution in [2.45, 2.75) is 4.21 Å². The van der Waals surface area contributed by atoms with Crippen LogP contribution in [0, 0.1) is 11.6 Å². The molecule has 2 aromatic carbocycles. The molecule has 1 aromatic heterocycles. The Labute approximate surface area is 158 Å². The van der Waals surface area contributed by atoms with Crippen LogP contribution in [-0.4, -0.2) is 20.9 Å². The van der Waals surface area contributed by atoms with E-state index in [2.05, 4.69) is 5.32 Å². The second-order valence-corrected chi connectivity index (χ2v) is 8.52. The maximum atomic E-state index is 13.3. The standard InChI is InChI=1S/C18H14F2N2O3S2/c19-13-6-8-16(9-7-13)22(27(24,25)18-5-2-10-26-18)12-17(23)21-15-4-1-3-14(20)11-15/h1-11H,12H2,(H,21,23). The molecule has 0 spiro atoms. The van der Waals surface area contributed by atoms with E-state index in [-0.39, 0.29) is 15.6 Å². The molecule has 9 heteroatoms. The molecule has 0 unspecified atom stereocenters. The number of amides is 1. The number of nitrogens with zero attached hydrogens (tertiary/aromatic N) is 1. The van der Waals surface area contributed by atoms with Gasteiger partial charge in [-0.1, -0.05) is 12.1 Å². The number of hydrogen-bond donors (Lipinski definition) is 1. The van der Waals surface area contributed by atoms with Gasteiger partial charge in [0, 0.05) is 5.69 Å². The average molecular weight is 408 g/mol. The molecule has 27 heavy (non-hydrogen) atoms. The number of anilines is 2. The van der Waals surface area contributed by atoms with Gasteiger partial charge < -0.3 is 5.32 Å². The van der Waals surface area contributed by atoms with Gasteiger partial charge in [-0.3, -0.25) is 9.10 Å². The van der Waals surface area contributed by atoms with Crippen LogP contribution in [0.25, 0.3) is 0 Å². The maximum Gasteiger partial charge on any atom is 0.274 e. The fraction of sp³-hybridized carbons (Fsp3) is 0.0556. The molecule has 0 bridgehead atoms. The summed E-state index contributed by atoms with van der Waals surface area (Å²) >= 11 is 1.00. The summed E-state index contributed by atoms with van der Waals surface area (Å²) < 4.78 is 53.3. The summed E-state index contributed by atoms with van der Waals surface area (Å²) in [5, 5.41) is 4.06. The third-order valence-corrected chi connectivity index (χ3v) is 6.70. The van der Waals surface area contributed by atoms with Crippen LogP contribution in [0.2, 0.25) is 0 Å². The molecule has 0 aliphatic rings. The second-order valence-electron chi connectivity index (χ2n) is 5.48. The molecule has 0 aliphatic carbocycles. The van der Waals surface area contributed by atoms with Crippen molar-refractivity contribution in [1.82, 2.24) is 0 Å². The van der Waals surface area contributed by atoms with Crippen LogP contribution >= 0.6 is 11.3 Å². The first-order valence-corrected chi connectivity index (χ1v) is 10.1. The van der Waals surface area contributed by atoms with Crippen molar-refractivity contribution in [3.8, 4) is 0 Å². The summed E-state index contributed by atoms with van der Waals surface area (Å²) in [6.45, 7) is -0.553. The fourth-order valence-electron chi connectivity index (χ4n) is 2.34. The van der Waals surface area contributed by atoms with Gasteiger partial charge in [-0.05, 0) is 53.9 Å². The molecule has 0 saturated carbocycles. The molecule has 0 fully saturated rings. The van der Waals surface area contributed by atoms with E-state index in [1.54, 1.807) is 11.4 Å². The van der Waals surface area contributed by atoms with E-state index in [4.69, 9.17) is 0 Å². The minimum absolute atomic E-state index is 0.0466. The lowest BCUT2D eigenvalue weighted by molar-refractivity contribution is -0.114. The van der Waals surface area contributed by atoms with Gasteiger partial charge in [0.05, 0.1) is 5.69 Å². The Morgan fingerprint density at radius 2 is 1.74 bits per heavy atom. The molecule has 1 amide bonds. The second kappa shape index (κ2) is 7.85. The van der Waals surface area contributed by atoms with Crippen LogP contribution in [0.3, 0.4) is 0 Å². The maximum absolute atomic E-state index is 13.3. The van der Waals surface area contributed by atoms with E-state index in [0.717, 1.165) is 33.8 Å². The summed E-state index contributed by atoms with van der Waals surface area (Å²) in [6, 6.07) is 13.0. The topological polar surface area (TPSA) is 66.5 Å². The third kappa shape index (κ3) is 4.50. The van der Waals surface area contributed by atoms with Gasteiger partial charge in [0.15, 0.2) is 0 Å². The van der Waals surface area contributed by atoms with Gasteiger partial charge in [-0.15, -0.1) is 11.3 Å². The number of sulfonamides is 1. The van der Waals surface area contributed by atoms with E-state index >= 15 is 0 Å². The minimum atomic E-state index is -4.02. The summed E-state index contributed by atoms with van der Waals surface area (Å²) in [5.74, 6) is -1.73. The highest BCUT2D eigenvalue weighted by Gasteiger charge is 2.28. The molecule has 140 valence electrons. The van der Waals surface area contributed by atoms with Crippen LogP contribution in [0.5, 0.6) is 0 Å². The van der Waals surface area contributed by atoms with Gasteiger partial charge in [-0.2, -0.15) is 0 Å². The average Bonchev–Trinajstić information content (AvgIpc) is 3.16. The van der Waals surface area contributed by atoms with Gasteiger partial charge in [-0.25, -0.2) is 17.2 Å². The number of halogens is 2. The Bertz CT molecular complexity index is 1040. The number of nitrogens with one attached hydrogen (secondary N) is 1. The zero-order valence-electron chi connectivity index (χ0n) is 13.8. The predicted molar refractivity (Wildman–Crippen MR) is 100 cm³/mol. The first-order valence-electron chi connectivity index (χ1n) is 7.73. The molecule has 1 heterocycles. The van der Waals surface area contributed by atoms with Crippen molar-refractivity contribution in [1.29, 1.82) is 0 Å².